The van der Waals surface area contributed by atoms with E-state index >= 15 is 0 Å². The van der Waals surface area contributed by atoms with Crippen LogP contribution in [0.15, 0.2) is 53.3 Å². The third-order valence-corrected chi connectivity index (χ3v) is 7.85. The van der Waals surface area contributed by atoms with Crippen molar-refractivity contribution in [3.63, 3.8) is 0 Å². The smallest absolute Gasteiger partial charge is 0.370 e. The highest BCUT2D eigenvalue weighted by atomic mass is 32.2. The number of hydrogen-bond donors (Lipinski definition) is 6. The van der Waals surface area contributed by atoms with Gasteiger partial charge in [0.05, 0.1) is 23.9 Å². The van der Waals surface area contributed by atoms with Crippen LogP contribution in [0.4, 0.5) is 0 Å². The number of nitrogens with zero attached hydrogens (tertiary/aromatic N) is 1. The number of aryl methyl sites for hydroxylation is 1. The lowest BCUT2D eigenvalue weighted by atomic mass is 9.93. The largest absolute Gasteiger partial charge is 0.492 e. The van der Waals surface area contributed by atoms with Crippen molar-refractivity contribution in [1.29, 1.82) is 0 Å². The van der Waals surface area contributed by atoms with Gasteiger partial charge in [0.2, 0.25) is 21.7 Å². The van der Waals surface area contributed by atoms with Gasteiger partial charge in [0, 0.05) is 25.1 Å². The summed E-state index contributed by atoms with van der Waals surface area (Å²) in [5, 5.41) is 41.9. The molecule has 0 saturated carbocycles. The molecule has 0 aliphatic carbocycles. The molecule has 41 heavy (non-hydrogen) atoms. The number of nitrogens with one attached hydrogen (secondary N) is 2. The van der Waals surface area contributed by atoms with Gasteiger partial charge in [-0.15, -0.1) is 0 Å². The molecule has 0 aromatic heterocycles. The topological polar surface area (TPSA) is 195 Å². The third kappa shape index (κ3) is 9.24. The maximum absolute atomic E-state index is 13.2. The number of benzene rings is 1. The molecule has 0 bridgehead atoms. The maximum Gasteiger partial charge on any atom is 0.370 e. The van der Waals surface area contributed by atoms with E-state index < -0.39 is 70.9 Å². The van der Waals surface area contributed by atoms with Gasteiger partial charge in [-0.05, 0) is 52.8 Å². The van der Waals surface area contributed by atoms with Gasteiger partial charge in [-0.3, -0.25) is 9.69 Å². The predicted octanol–water partition coefficient (Wildman–Crippen LogP) is 0.203. The molecule has 1 unspecified atom stereocenters. The first-order valence-electron chi connectivity index (χ1n) is 13.1. The van der Waals surface area contributed by atoms with E-state index in [9.17, 15) is 38.4 Å². The SMILES string of the molecule is CC(=O)N[C@H]1[C@H]([C@H](O)[C@H](O)CO)OC(C(=O)O)=C[C@@H]1O/C=C/C(NS(=O)(=O)c1ccc(C)cc1)N(C(C)C)C(C)C. The highest BCUT2D eigenvalue weighted by Crippen LogP contribution is 2.25. The number of sulfonamides is 1. The molecule has 13 nitrogen and oxygen atoms in total. The molecule has 1 aromatic rings. The van der Waals surface area contributed by atoms with Crippen molar-refractivity contribution in [3.8, 4) is 0 Å². The summed E-state index contributed by atoms with van der Waals surface area (Å²) < 4.78 is 40.3. The van der Waals surface area contributed by atoms with Crippen LogP contribution in [0.3, 0.4) is 0 Å². The van der Waals surface area contributed by atoms with Crippen LogP contribution in [0, 0.1) is 6.92 Å². The summed E-state index contributed by atoms with van der Waals surface area (Å²) in [7, 11) is -3.97. The maximum atomic E-state index is 13.2. The molecular weight excluding hydrogens is 558 g/mol. The van der Waals surface area contributed by atoms with E-state index in [-0.39, 0.29) is 17.0 Å². The Kier molecular flexibility index (Phi) is 12.3. The molecular formula is C27H41N3O10S. The monoisotopic (exact) mass is 599 g/mol. The summed E-state index contributed by atoms with van der Waals surface area (Å²) >= 11 is 0. The summed E-state index contributed by atoms with van der Waals surface area (Å²) in [4.78, 5) is 25.6. The van der Waals surface area contributed by atoms with Gasteiger partial charge in [-0.25, -0.2) is 13.2 Å². The quantitative estimate of drug-likeness (QED) is 0.126. The summed E-state index contributed by atoms with van der Waals surface area (Å²) in [6.07, 6.45) is -3.43. The Morgan fingerprint density at radius 3 is 2.20 bits per heavy atom. The number of aliphatic hydroxyl groups excluding tert-OH is 3. The van der Waals surface area contributed by atoms with Crippen LogP contribution in [-0.2, 0) is 29.1 Å². The molecule has 2 rings (SSSR count). The third-order valence-electron chi connectivity index (χ3n) is 6.40. The molecule has 6 atom stereocenters. The van der Waals surface area contributed by atoms with E-state index in [2.05, 4.69) is 10.0 Å². The number of hydrogen-bond acceptors (Lipinski definition) is 10. The second-order valence-electron chi connectivity index (χ2n) is 10.3. The first-order valence-corrected chi connectivity index (χ1v) is 14.6. The zero-order valence-corrected chi connectivity index (χ0v) is 24.8. The number of carboxylic acid groups (broad SMARTS) is 1. The van der Waals surface area contributed by atoms with E-state index in [1.807, 2.05) is 39.5 Å². The minimum Gasteiger partial charge on any atom is -0.492 e. The van der Waals surface area contributed by atoms with Crippen molar-refractivity contribution in [2.45, 2.75) is 95.1 Å². The van der Waals surface area contributed by atoms with Crippen molar-refractivity contribution >= 4 is 21.9 Å². The molecule has 0 radical (unpaired) electrons. The number of aliphatic hydroxyl groups is 3. The second-order valence-corrected chi connectivity index (χ2v) is 12.0. The lowest BCUT2D eigenvalue weighted by Gasteiger charge is -2.39. The van der Waals surface area contributed by atoms with Crippen LogP contribution in [0.1, 0.15) is 40.2 Å². The second kappa shape index (κ2) is 14.8. The van der Waals surface area contributed by atoms with Crippen molar-refractivity contribution in [3.05, 3.63) is 54.0 Å². The molecule has 230 valence electrons. The van der Waals surface area contributed by atoms with Gasteiger partial charge in [0.1, 0.15) is 24.4 Å². The van der Waals surface area contributed by atoms with Crippen molar-refractivity contribution in [2.75, 3.05) is 6.61 Å². The van der Waals surface area contributed by atoms with Crippen LogP contribution in [0.5, 0.6) is 0 Å². The van der Waals surface area contributed by atoms with Crippen LogP contribution in [-0.4, -0.2) is 101 Å². The first kappa shape index (κ1) is 34.2. The van der Waals surface area contributed by atoms with E-state index in [1.165, 1.54) is 31.4 Å². The summed E-state index contributed by atoms with van der Waals surface area (Å²) in [6, 6.07) is 4.94. The zero-order chi connectivity index (χ0) is 31.1. The molecule has 1 heterocycles. The van der Waals surface area contributed by atoms with Crippen molar-refractivity contribution < 1.29 is 47.9 Å². The molecule has 1 aromatic carbocycles. The van der Waals surface area contributed by atoms with Crippen LogP contribution in [0.25, 0.3) is 0 Å². The van der Waals surface area contributed by atoms with Gasteiger partial charge in [-0.1, -0.05) is 17.7 Å². The number of aliphatic carboxylic acids is 1. The number of ether oxygens (including phenoxy) is 2. The lowest BCUT2D eigenvalue weighted by Crippen LogP contribution is -2.60. The average Bonchev–Trinajstić information content (AvgIpc) is 2.87. The average molecular weight is 600 g/mol. The minimum absolute atomic E-state index is 0.0679. The Labute approximate surface area is 240 Å². The van der Waals surface area contributed by atoms with Gasteiger partial charge in [-0.2, -0.15) is 4.72 Å². The number of carboxylic acids is 1. The summed E-state index contributed by atoms with van der Waals surface area (Å²) in [6.45, 7) is 9.76. The first-order chi connectivity index (χ1) is 19.1. The molecule has 1 amide bonds. The van der Waals surface area contributed by atoms with Crippen LogP contribution in [0.2, 0.25) is 0 Å². The van der Waals surface area contributed by atoms with E-state index in [1.54, 1.807) is 12.1 Å². The Morgan fingerprint density at radius 1 is 1.12 bits per heavy atom. The zero-order valence-electron chi connectivity index (χ0n) is 24.0. The standard InChI is InChI=1S/C27H41N3O10S/c1-15(2)30(16(3)4)23(29-41(37,38)19-9-7-17(5)8-10-19)11-12-39-21-13-22(27(35)36)40-26(24(21)28-18(6)32)25(34)20(33)14-31/h7-13,15-16,20-21,23-26,29,31,33-34H,14H2,1-6H3,(H,28,32)(H,35,36)/b12-11+/t20-,21+,23?,24-,25-,26-/m1/s1. The highest BCUT2D eigenvalue weighted by molar-refractivity contribution is 7.89. The molecule has 0 saturated heterocycles. The Balaban J connectivity index is 2.47. The van der Waals surface area contributed by atoms with Crippen LogP contribution >= 0.6 is 0 Å². The Hall–Kier alpha value is -3.01. The fourth-order valence-corrected chi connectivity index (χ4v) is 5.69. The number of amides is 1. The van der Waals surface area contributed by atoms with Gasteiger partial charge in [0.25, 0.3) is 0 Å². The van der Waals surface area contributed by atoms with E-state index in [0.29, 0.717) is 0 Å². The normalized spacial score (nSPS) is 21.9. The molecule has 0 fully saturated rings. The molecule has 6 N–H and O–H groups in total. The fraction of sp³-hybridized carbons (Fsp3) is 0.556. The van der Waals surface area contributed by atoms with Crippen LogP contribution < -0.4 is 10.0 Å². The van der Waals surface area contributed by atoms with Crippen molar-refractivity contribution in [2.24, 2.45) is 0 Å². The summed E-state index contributed by atoms with van der Waals surface area (Å²) in [5.41, 5.74) is 0.897. The number of carbonyl (C=O) groups is 2. The molecule has 1 aliphatic heterocycles. The van der Waals surface area contributed by atoms with E-state index in [4.69, 9.17) is 9.47 Å². The van der Waals surface area contributed by atoms with Gasteiger partial charge in [0.15, 0.2) is 6.10 Å². The minimum atomic E-state index is -3.97. The number of rotatable bonds is 14. The molecule has 1 aliphatic rings. The van der Waals surface area contributed by atoms with Gasteiger partial charge < -0.3 is 35.2 Å². The highest BCUT2D eigenvalue weighted by Gasteiger charge is 2.44. The fourth-order valence-electron chi connectivity index (χ4n) is 4.55. The van der Waals surface area contributed by atoms with Gasteiger partial charge >= 0.3 is 5.97 Å². The lowest BCUT2D eigenvalue weighted by molar-refractivity contribution is -0.149. The summed E-state index contributed by atoms with van der Waals surface area (Å²) in [5.74, 6) is -2.66. The Morgan fingerprint density at radius 2 is 1.71 bits per heavy atom. The Bertz CT molecular complexity index is 1190. The molecule has 14 heteroatoms. The predicted molar refractivity (Wildman–Crippen MR) is 149 cm³/mol. The van der Waals surface area contributed by atoms with E-state index in [0.717, 1.165) is 11.6 Å². The van der Waals surface area contributed by atoms with Crippen molar-refractivity contribution in [1.82, 2.24) is 14.9 Å². The number of carbonyl (C=O) groups excluding carboxylic acids is 1. The molecule has 0 spiro atoms.